The standard InChI is InChI=1S/C11H19NO2/c1-2-11(6-3-7-11)12-9(10(13)14)8-4-5-8/h8-9,12H,2-7H2,1H3,(H,13,14). The van der Waals surface area contributed by atoms with Crippen LogP contribution in [0.5, 0.6) is 0 Å². The van der Waals surface area contributed by atoms with Crippen molar-refractivity contribution in [1.82, 2.24) is 5.32 Å². The molecular formula is C11H19NO2. The van der Waals surface area contributed by atoms with Gasteiger partial charge in [-0.25, -0.2) is 0 Å². The van der Waals surface area contributed by atoms with Crippen molar-refractivity contribution < 1.29 is 9.90 Å². The summed E-state index contributed by atoms with van der Waals surface area (Å²) in [5.74, 6) is -0.260. The van der Waals surface area contributed by atoms with Crippen LogP contribution in [-0.2, 0) is 4.79 Å². The molecule has 2 rings (SSSR count). The summed E-state index contributed by atoms with van der Waals surface area (Å²) in [6.45, 7) is 2.15. The van der Waals surface area contributed by atoms with Gasteiger partial charge in [0.1, 0.15) is 6.04 Å². The fourth-order valence-electron chi connectivity index (χ4n) is 2.34. The molecule has 1 atom stereocenters. The number of carbonyl (C=O) groups is 1. The minimum Gasteiger partial charge on any atom is -0.480 e. The molecule has 2 aliphatic carbocycles. The minimum atomic E-state index is -0.660. The molecule has 1 unspecified atom stereocenters. The second-order valence-corrected chi connectivity index (χ2v) is 4.79. The van der Waals surface area contributed by atoms with Crippen LogP contribution in [0.15, 0.2) is 0 Å². The van der Waals surface area contributed by atoms with Crippen molar-refractivity contribution >= 4 is 5.97 Å². The van der Waals surface area contributed by atoms with Crippen LogP contribution in [0.4, 0.5) is 0 Å². The predicted molar refractivity (Wildman–Crippen MR) is 54.2 cm³/mol. The van der Waals surface area contributed by atoms with Crippen LogP contribution in [0.1, 0.15) is 45.4 Å². The van der Waals surface area contributed by atoms with Gasteiger partial charge in [0.25, 0.3) is 0 Å². The normalized spacial score (nSPS) is 26.6. The highest BCUT2D eigenvalue weighted by Crippen LogP contribution is 2.39. The molecule has 0 aromatic heterocycles. The first-order valence-electron chi connectivity index (χ1n) is 5.67. The van der Waals surface area contributed by atoms with E-state index in [4.69, 9.17) is 5.11 Å². The summed E-state index contributed by atoms with van der Waals surface area (Å²) in [5, 5.41) is 12.5. The third-order valence-corrected chi connectivity index (χ3v) is 3.81. The number of aliphatic carboxylic acids is 1. The van der Waals surface area contributed by atoms with E-state index in [2.05, 4.69) is 12.2 Å². The van der Waals surface area contributed by atoms with E-state index in [-0.39, 0.29) is 11.6 Å². The topological polar surface area (TPSA) is 49.3 Å². The van der Waals surface area contributed by atoms with Gasteiger partial charge >= 0.3 is 5.97 Å². The summed E-state index contributed by atoms with van der Waals surface area (Å²) >= 11 is 0. The number of hydrogen-bond acceptors (Lipinski definition) is 2. The molecule has 0 bridgehead atoms. The van der Waals surface area contributed by atoms with Crippen molar-refractivity contribution in [2.45, 2.75) is 57.0 Å². The molecule has 0 radical (unpaired) electrons. The molecule has 2 aliphatic rings. The van der Waals surface area contributed by atoms with E-state index >= 15 is 0 Å². The van der Waals surface area contributed by atoms with Gasteiger partial charge in [-0.1, -0.05) is 6.92 Å². The fourth-order valence-corrected chi connectivity index (χ4v) is 2.34. The number of hydrogen-bond donors (Lipinski definition) is 2. The number of carboxylic acids is 1. The van der Waals surface area contributed by atoms with Crippen molar-refractivity contribution in [2.24, 2.45) is 5.92 Å². The summed E-state index contributed by atoms with van der Waals surface area (Å²) in [6.07, 6.45) is 6.79. The maximum atomic E-state index is 11.1. The van der Waals surface area contributed by atoms with Crippen molar-refractivity contribution in [2.75, 3.05) is 0 Å². The highest BCUT2D eigenvalue weighted by Gasteiger charge is 2.43. The van der Waals surface area contributed by atoms with Gasteiger partial charge in [0.15, 0.2) is 0 Å². The molecule has 0 aromatic carbocycles. The zero-order chi connectivity index (χ0) is 10.2. The molecule has 0 amide bonds. The lowest BCUT2D eigenvalue weighted by Crippen LogP contribution is -2.57. The summed E-state index contributed by atoms with van der Waals surface area (Å²) in [5.41, 5.74) is 0.158. The Labute approximate surface area is 84.9 Å². The average molecular weight is 197 g/mol. The maximum Gasteiger partial charge on any atom is 0.320 e. The van der Waals surface area contributed by atoms with E-state index in [9.17, 15) is 4.79 Å². The van der Waals surface area contributed by atoms with Gasteiger partial charge in [0.2, 0.25) is 0 Å². The third kappa shape index (κ3) is 1.78. The molecule has 2 saturated carbocycles. The molecule has 0 spiro atoms. The highest BCUT2D eigenvalue weighted by atomic mass is 16.4. The predicted octanol–water partition coefficient (Wildman–Crippen LogP) is 1.77. The monoisotopic (exact) mass is 197 g/mol. The van der Waals surface area contributed by atoms with Crippen molar-refractivity contribution in [3.8, 4) is 0 Å². The van der Waals surface area contributed by atoms with Crippen LogP contribution in [0.2, 0.25) is 0 Å². The maximum absolute atomic E-state index is 11.1. The first-order chi connectivity index (χ1) is 6.67. The minimum absolute atomic E-state index is 0.158. The molecule has 2 fully saturated rings. The van der Waals surface area contributed by atoms with Gasteiger partial charge in [0.05, 0.1) is 0 Å². The molecular weight excluding hydrogens is 178 g/mol. The first-order valence-corrected chi connectivity index (χ1v) is 5.67. The average Bonchev–Trinajstić information content (AvgIpc) is 2.86. The second kappa shape index (κ2) is 3.54. The van der Waals surface area contributed by atoms with Crippen molar-refractivity contribution in [1.29, 1.82) is 0 Å². The molecule has 2 N–H and O–H groups in total. The lowest BCUT2D eigenvalue weighted by molar-refractivity contribution is -0.141. The molecule has 14 heavy (non-hydrogen) atoms. The van der Waals surface area contributed by atoms with Crippen LogP contribution >= 0.6 is 0 Å². The SMILES string of the molecule is CCC1(NC(C(=O)O)C2CC2)CCC1. The number of nitrogens with one attached hydrogen (secondary N) is 1. The highest BCUT2D eigenvalue weighted by molar-refractivity contribution is 5.74. The van der Waals surface area contributed by atoms with Gasteiger partial charge in [0, 0.05) is 5.54 Å². The van der Waals surface area contributed by atoms with Crippen LogP contribution in [0.25, 0.3) is 0 Å². The molecule has 0 aromatic rings. The molecule has 3 heteroatoms. The number of rotatable bonds is 5. The second-order valence-electron chi connectivity index (χ2n) is 4.79. The van der Waals surface area contributed by atoms with E-state index in [0.29, 0.717) is 5.92 Å². The van der Waals surface area contributed by atoms with E-state index in [1.165, 1.54) is 6.42 Å². The Kier molecular flexibility index (Phi) is 2.52. The van der Waals surface area contributed by atoms with E-state index < -0.39 is 5.97 Å². The first kappa shape index (κ1) is 9.97. The molecule has 3 nitrogen and oxygen atoms in total. The van der Waals surface area contributed by atoms with Gasteiger partial charge in [-0.2, -0.15) is 0 Å². The van der Waals surface area contributed by atoms with Crippen LogP contribution < -0.4 is 5.32 Å². The Balaban J connectivity index is 1.95. The Morgan fingerprint density at radius 1 is 1.57 bits per heavy atom. The van der Waals surface area contributed by atoms with Gasteiger partial charge in [-0.15, -0.1) is 0 Å². The largest absolute Gasteiger partial charge is 0.480 e. The molecule has 80 valence electrons. The summed E-state index contributed by atoms with van der Waals surface area (Å²) in [6, 6.07) is -0.282. The van der Waals surface area contributed by atoms with Crippen LogP contribution in [0, 0.1) is 5.92 Å². The van der Waals surface area contributed by atoms with Gasteiger partial charge < -0.3 is 5.11 Å². The van der Waals surface area contributed by atoms with Crippen molar-refractivity contribution in [3.05, 3.63) is 0 Å². The smallest absolute Gasteiger partial charge is 0.320 e. The summed E-state index contributed by atoms with van der Waals surface area (Å²) < 4.78 is 0. The van der Waals surface area contributed by atoms with Crippen LogP contribution in [-0.4, -0.2) is 22.7 Å². The Morgan fingerprint density at radius 3 is 2.50 bits per heavy atom. The van der Waals surface area contributed by atoms with Crippen molar-refractivity contribution in [3.63, 3.8) is 0 Å². The van der Waals surface area contributed by atoms with Gasteiger partial charge in [-0.3, -0.25) is 10.1 Å². The summed E-state index contributed by atoms with van der Waals surface area (Å²) in [4.78, 5) is 11.1. The zero-order valence-corrected chi connectivity index (χ0v) is 8.75. The lowest BCUT2D eigenvalue weighted by atomic mass is 9.74. The zero-order valence-electron chi connectivity index (χ0n) is 8.75. The molecule has 0 heterocycles. The third-order valence-electron chi connectivity index (χ3n) is 3.81. The van der Waals surface area contributed by atoms with E-state index in [1.807, 2.05) is 0 Å². The molecule has 0 aliphatic heterocycles. The van der Waals surface area contributed by atoms with E-state index in [0.717, 1.165) is 32.1 Å². The quantitative estimate of drug-likeness (QED) is 0.706. The fraction of sp³-hybridized carbons (Fsp3) is 0.909. The van der Waals surface area contributed by atoms with Gasteiger partial charge in [-0.05, 0) is 44.4 Å². The number of carboxylic acid groups (broad SMARTS) is 1. The summed E-state index contributed by atoms with van der Waals surface area (Å²) in [7, 11) is 0. The Bertz CT molecular complexity index is 226. The molecule has 0 saturated heterocycles. The van der Waals surface area contributed by atoms with Crippen LogP contribution in [0.3, 0.4) is 0 Å². The Morgan fingerprint density at radius 2 is 2.21 bits per heavy atom. The lowest BCUT2D eigenvalue weighted by Gasteiger charge is -2.44. The Hall–Kier alpha value is -0.570. The van der Waals surface area contributed by atoms with E-state index in [1.54, 1.807) is 0 Å².